The first-order valence-electron chi connectivity index (χ1n) is 5.24. The lowest BCUT2D eigenvalue weighted by molar-refractivity contribution is -0.117. The summed E-state index contributed by atoms with van der Waals surface area (Å²) < 4.78 is 15.3. The Bertz CT molecular complexity index is 597. The number of anilines is 1. The van der Waals surface area contributed by atoms with Crippen molar-refractivity contribution in [3.05, 3.63) is 29.0 Å². The third kappa shape index (κ3) is 1.93. The van der Waals surface area contributed by atoms with Crippen LogP contribution in [0.5, 0.6) is 0 Å². The Morgan fingerprint density at radius 1 is 1.59 bits per heavy atom. The largest absolute Gasteiger partial charge is 0.309 e. The molecule has 1 fully saturated rings. The fraction of sp³-hybridized carbons (Fsp3) is 0.273. The predicted molar refractivity (Wildman–Crippen MR) is 64.5 cm³/mol. The number of imidazole rings is 1. The zero-order valence-electron chi connectivity index (χ0n) is 8.73. The minimum Gasteiger partial charge on any atom is -0.309 e. The molecule has 0 aliphatic heterocycles. The summed E-state index contributed by atoms with van der Waals surface area (Å²) in [5.41, 5.74) is 0.724. The number of fused-ring (bicyclic) bond motifs is 1. The van der Waals surface area contributed by atoms with E-state index in [1.54, 1.807) is 10.6 Å². The molecule has 1 N–H and O–H groups in total. The van der Waals surface area contributed by atoms with Crippen molar-refractivity contribution >= 4 is 33.3 Å². The Morgan fingerprint density at radius 3 is 3.00 bits per heavy atom. The van der Waals surface area contributed by atoms with Gasteiger partial charge >= 0.3 is 0 Å². The number of carbonyl (C=O) groups is 1. The molecule has 0 bridgehead atoms. The van der Waals surface area contributed by atoms with Gasteiger partial charge in [0.25, 0.3) is 0 Å². The summed E-state index contributed by atoms with van der Waals surface area (Å²) in [6, 6.07) is 5.56. The molecule has 2 aromatic rings. The van der Waals surface area contributed by atoms with Gasteiger partial charge in [-0.15, -0.1) is 0 Å². The topological polar surface area (TPSA) is 46.4 Å². The molecule has 0 unspecified atom stereocenters. The molecule has 0 radical (unpaired) electrons. The molecule has 0 aromatic carbocycles. The van der Waals surface area contributed by atoms with Crippen LogP contribution in [-0.4, -0.2) is 21.5 Å². The molecular weight excluding hydrogens is 289 g/mol. The molecule has 17 heavy (non-hydrogen) atoms. The fourth-order valence-electron chi connectivity index (χ4n) is 1.69. The fourth-order valence-corrected chi connectivity index (χ4v) is 2.13. The van der Waals surface area contributed by atoms with E-state index in [1.165, 1.54) is 0 Å². The summed E-state index contributed by atoms with van der Waals surface area (Å²) in [4.78, 5) is 15.8. The van der Waals surface area contributed by atoms with Gasteiger partial charge in [-0.25, -0.2) is 9.37 Å². The van der Waals surface area contributed by atoms with Crippen molar-refractivity contribution in [3.8, 4) is 0 Å². The van der Waals surface area contributed by atoms with E-state index in [2.05, 4.69) is 26.2 Å². The standard InChI is InChI=1S/C11H9BrFN3O/c12-8-2-1-3-10-14-9(5-16(8)10)15-11(17)6-4-7(6)13/h1-3,5-7H,4H2,(H,15,17)/t6-,7-/m1/s1. The van der Waals surface area contributed by atoms with Gasteiger partial charge in [0.2, 0.25) is 5.91 Å². The maximum absolute atomic E-state index is 12.7. The predicted octanol–water partition coefficient (Wildman–Crippen LogP) is 2.39. The highest BCUT2D eigenvalue weighted by molar-refractivity contribution is 9.10. The number of alkyl halides is 1. The molecule has 0 spiro atoms. The Balaban J connectivity index is 1.86. The van der Waals surface area contributed by atoms with Crippen LogP contribution in [0.25, 0.3) is 5.65 Å². The van der Waals surface area contributed by atoms with E-state index < -0.39 is 12.1 Å². The van der Waals surface area contributed by atoms with Gasteiger partial charge in [-0.2, -0.15) is 0 Å². The van der Waals surface area contributed by atoms with Gasteiger partial charge in [-0.3, -0.25) is 9.20 Å². The van der Waals surface area contributed by atoms with Crippen LogP contribution in [0.1, 0.15) is 6.42 Å². The number of halogens is 2. The third-order valence-electron chi connectivity index (χ3n) is 2.74. The van der Waals surface area contributed by atoms with E-state index in [-0.39, 0.29) is 5.91 Å². The number of carbonyl (C=O) groups excluding carboxylic acids is 1. The summed E-state index contributed by atoms with van der Waals surface area (Å²) in [7, 11) is 0. The molecular formula is C11H9BrFN3O. The van der Waals surface area contributed by atoms with E-state index in [0.29, 0.717) is 12.2 Å². The summed E-state index contributed by atoms with van der Waals surface area (Å²) >= 11 is 3.38. The minimum atomic E-state index is -0.987. The first-order valence-corrected chi connectivity index (χ1v) is 6.03. The molecule has 2 heterocycles. The minimum absolute atomic E-state index is 0.294. The van der Waals surface area contributed by atoms with E-state index in [0.717, 1.165) is 10.3 Å². The Labute approximate surface area is 105 Å². The van der Waals surface area contributed by atoms with Crippen LogP contribution in [0.15, 0.2) is 29.0 Å². The second-order valence-corrected chi connectivity index (χ2v) is 4.86. The van der Waals surface area contributed by atoms with E-state index in [4.69, 9.17) is 0 Å². The number of rotatable bonds is 2. The second kappa shape index (κ2) is 3.80. The maximum Gasteiger partial charge on any atom is 0.231 e. The molecule has 1 aliphatic rings. The average Bonchev–Trinajstić information content (AvgIpc) is 2.87. The van der Waals surface area contributed by atoms with Crippen molar-refractivity contribution in [3.63, 3.8) is 0 Å². The van der Waals surface area contributed by atoms with Gasteiger partial charge in [0.15, 0.2) is 5.82 Å². The summed E-state index contributed by atoms with van der Waals surface area (Å²) in [5, 5.41) is 2.62. The van der Waals surface area contributed by atoms with Crippen molar-refractivity contribution in [2.75, 3.05) is 5.32 Å². The first kappa shape index (κ1) is 10.7. The molecule has 6 heteroatoms. The lowest BCUT2D eigenvalue weighted by Gasteiger charge is -1.97. The van der Waals surface area contributed by atoms with Gasteiger partial charge in [0, 0.05) is 0 Å². The molecule has 1 aliphatic carbocycles. The van der Waals surface area contributed by atoms with Crippen molar-refractivity contribution in [2.45, 2.75) is 12.6 Å². The van der Waals surface area contributed by atoms with Crippen LogP contribution >= 0.6 is 15.9 Å². The third-order valence-corrected chi connectivity index (χ3v) is 3.39. The van der Waals surface area contributed by atoms with Crippen molar-refractivity contribution in [1.29, 1.82) is 0 Å². The van der Waals surface area contributed by atoms with Gasteiger partial charge in [0.05, 0.1) is 16.7 Å². The van der Waals surface area contributed by atoms with Crippen molar-refractivity contribution < 1.29 is 9.18 Å². The zero-order chi connectivity index (χ0) is 12.0. The molecule has 4 nitrogen and oxygen atoms in total. The average molecular weight is 298 g/mol. The van der Waals surface area contributed by atoms with E-state index >= 15 is 0 Å². The van der Waals surface area contributed by atoms with Gasteiger partial charge in [0.1, 0.15) is 11.8 Å². The number of aromatic nitrogens is 2. The number of nitrogens with zero attached hydrogens (tertiary/aromatic N) is 2. The Morgan fingerprint density at radius 2 is 2.35 bits per heavy atom. The number of hydrogen-bond donors (Lipinski definition) is 1. The number of pyridine rings is 1. The Hall–Kier alpha value is -1.43. The van der Waals surface area contributed by atoms with Crippen LogP contribution in [0.4, 0.5) is 10.2 Å². The highest BCUT2D eigenvalue weighted by Crippen LogP contribution is 2.34. The van der Waals surface area contributed by atoms with Gasteiger partial charge < -0.3 is 5.32 Å². The number of nitrogens with one attached hydrogen (secondary N) is 1. The molecule has 0 saturated heterocycles. The van der Waals surface area contributed by atoms with E-state index in [1.807, 2.05) is 18.2 Å². The SMILES string of the molecule is O=C(Nc1cn2c(Br)cccc2n1)[C@@H]1C[C@H]1F. The van der Waals surface area contributed by atoms with Gasteiger partial charge in [-0.05, 0) is 34.5 Å². The lowest BCUT2D eigenvalue weighted by Crippen LogP contribution is -2.15. The van der Waals surface area contributed by atoms with Gasteiger partial charge in [-0.1, -0.05) is 6.07 Å². The summed E-state index contributed by atoms with van der Waals surface area (Å²) in [5.74, 6) is -0.346. The maximum atomic E-state index is 12.7. The molecule has 2 atom stereocenters. The van der Waals surface area contributed by atoms with Crippen LogP contribution in [0, 0.1) is 5.92 Å². The highest BCUT2D eigenvalue weighted by atomic mass is 79.9. The van der Waals surface area contributed by atoms with Crippen LogP contribution in [0.3, 0.4) is 0 Å². The second-order valence-electron chi connectivity index (χ2n) is 4.05. The van der Waals surface area contributed by atoms with Crippen LogP contribution in [-0.2, 0) is 4.79 Å². The lowest BCUT2D eigenvalue weighted by atomic mass is 10.4. The monoisotopic (exact) mass is 297 g/mol. The summed E-state index contributed by atoms with van der Waals surface area (Å²) in [6.45, 7) is 0. The molecule has 3 rings (SSSR count). The van der Waals surface area contributed by atoms with Crippen molar-refractivity contribution in [2.24, 2.45) is 5.92 Å². The van der Waals surface area contributed by atoms with Crippen molar-refractivity contribution in [1.82, 2.24) is 9.38 Å². The molecule has 1 saturated carbocycles. The Kier molecular flexibility index (Phi) is 2.39. The van der Waals surface area contributed by atoms with Crippen LogP contribution < -0.4 is 5.32 Å². The normalized spacial score (nSPS) is 22.7. The first-order chi connectivity index (χ1) is 8.15. The zero-order valence-corrected chi connectivity index (χ0v) is 10.3. The van der Waals surface area contributed by atoms with Crippen LogP contribution in [0.2, 0.25) is 0 Å². The molecule has 88 valence electrons. The number of hydrogen-bond acceptors (Lipinski definition) is 2. The summed E-state index contributed by atoms with van der Waals surface area (Å²) in [6.07, 6.45) is 1.04. The highest BCUT2D eigenvalue weighted by Gasteiger charge is 2.43. The molecule has 1 amide bonds. The smallest absolute Gasteiger partial charge is 0.231 e. The van der Waals surface area contributed by atoms with E-state index in [9.17, 15) is 9.18 Å². The molecule has 2 aromatic heterocycles. The quantitative estimate of drug-likeness (QED) is 0.865. The number of amides is 1.